The monoisotopic (exact) mass is 433 g/mol. The number of phenolic OH excluding ortho intramolecular Hbond substituents is 1. The van der Waals surface area contributed by atoms with Gasteiger partial charge in [0.2, 0.25) is 0 Å². The van der Waals surface area contributed by atoms with E-state index in [1.54, 1.807) is 6.07 Å². The third kappa shape index (κ3) is 3.28. The van der Waals surface area contributed by atoms with Crippen LogP contribution >= 0.6 is 47.8 Å². The van der Waals surface area contributed by atoms with Crippen LogP contribution in [-0.4, -0.2) is 5.11 Å². The summed E-state index contributed by atoms with van der Waals surface area (Å²) < 4.78 is 2.91. The number of rotatable bonds is 3. The van der Waals surface area contributed by atoms with Crippen LogP contribution in [0.1, 0.15) is 5.56 Å². The highest BCUT2D eigenvalue weighted by atomic mass is 79.9. The molecule has 2 aromatic rings. The van der Waals surface area contributed by atoms with E-state index in [4.69, 9.17) is 0 Å². The summed E-state index contributed by atoms with van der Waals surface area (Å²) in [5.74, 6) is 0.300. The van der Waals surface area contributed by atoms with Crippen molar-refractivity contribution in [3.05, 3.63) is 55.4 Å². The van der Waals surface area contributed by atoms with Gasteiger partial charge in [-0.05, 0) is 50.1 Å². The second-order valence-corrected chi connectivity index (χ2v) is 6.35. The maximum absolute atomic E-state index is 9.70. The standard InChI is InChI=1S/C13H10Br3NO/c14-9-5-10(15)13(11(16)6-9)17-7-8-3-1-2-4-12(8)18/h1-6,17-18H,7H2. The molecule has 0 saturated heterocycles. The molecule has 94 valence electrons. The van der Waals surface area contributed by atoms with Gasteiger partial charge in [0, 0.05) is 25.5 Å². The van der Waals surface area contributed by atoms with Crippen molar-refractivity contribution in [2.75, 3.05) is 5.32 Å². The molecule has 0 aliphatic heterocycles. The highest BCUT2D eigenvalue weighted by Crippen LogP contribution is 2.34. The van der Waals surface area contributed by atoms with Crippen molar-refractivity contribution in [1.82, 2.24) is 0 Å². The molecule has 2 N–H and O–H groups in total. The molecule has 0 bridgehead atoms. The zero-order chi connectivity index (χ0) is 13.1. The average molecular weight is 436 g/mol. The Labute approximate surface area is 131 Å². The third-order valence-corrected chi connectivity index (χ3v) is 4.16. The molecule has 0 aromatic heterocycles. The molecule has 2 nitrogen and oxygen atoms in total. The van der Waals surface area contributed by atoms with Gasteiger partial charge in [0.05, 0.1) is 5.69 Å². The van der Waals surface area contributed by atoms with Gasteiger partial charge in [-0.25, -0.2) is 0 Å². The second-order valence-electron chi connectivity index (χ2n) is 3.73. The quantitative estimate of drug-likeness (QED) is 0.686. The summed E-state index contributed by atoms with van der Waals surface area (Å²) in [5.41, 5.74) is 1.82. The van der Waals surface area contributed by atoms with Crippen molar-refractivity contribution in [2.45, 2.75) is 6.54 Å². The minimum absolute atomic E-state index is 0.300. The van der Waals surface area contributed by atoms with Crippen LogP contribution in [0, 0.1) is 0 Å². The Balaban J connectivity index is 2.19. The molecule has 0 unspecified atom stereocenters. The van der Waals surface area contributed by atoms with Crippen LogP contribution < -0.4 is 5.32 Å². The van der Waals surface area contributed by atoms with E-state index in [1.807, 2.05) is 30.3 Å². The third-order valence-electron chi connectivity index (χ3n) is 2.45. The lowest BCUT2D eigenvalue weighted by atomic mass is 10.2. The topological polar surface area (TPSA) is 32.3 Å². The minimum Gasteiger partial charge on any atom is -0.508 e. The van der Waals surface area contributed by atoms with Crippen molar-refractivity contribution in [3.63, 3.8) is 0 Å². The van der Waals surface area contributed by atoms with E-state index in [1.165, 1.54) is 0 Å². The molecule has 18 heavy (non-hydrogen) atoms. The minimum atomic E-state index is 0.300. The first-order valence-electron chi connectivity index (χ1n) is 5.23. The first-order valence-corrected chi connectivity index (χ1v) is 7.61. The molecule has 2 aromatic carbocycles. The lowest BCUT2D eigenvalue weighted by molar-refractivity contribution is 0.469. The molecular formula is C13H10Br3NO. The molecule has 0 spiro atoms. The average Bonchev–Trinajstić information content (AvgIpc) is 2.30. The van der Waals surface area contributed by atoms with Crippen molar-refractivity contribution in [1.29, 1.82) is 0 Å². The Morgan fingerprint density at radius 2 is 1.61 bits per heavy atom. The van der Waals surface area contributed by atoms with E-state index >= 15 is 0 Å². The van der Waals surface area contributed by atoms with Gasteiger partial charge in [0.1, 0.15) is 5.75 Å². The molecule has 0 saturated carbocycles. The van der Waals surface area contributed by atoms with Gasteiger partial charge in [0.15, 0.2) is 0 Å². The highest BCUT2D eigenvalue weighted by Gasteiger charge is 2.07. The number of aromatic hydroxyl groups is 1. The summed E-state index contributed by atoms with van der Waals surface area (Å²) in [6.07, 6.45) is 0. The Kier molecular flexibility index (Phi) is 4.70. The molecule has 2 rings (SSSR count). The number of anilines is 1. The van der Waals surface area contributed by atoms with Crippen LogP contribution in [0.25, 0.3) is 0 Å². The zero-order valence-corrected chi connectivity index (χ0v) is 14.0. The Morgan fingerprint density at radius 1 is 1.00 bits per heavy atom. The van der Waals surface area contributed by atoms with Crippen LogP contribution in [-0.2, 0) is 6.54 Å². The number of para-hydroxylation sites is 1. The molecule has 0 amide bonds. The van der Waals surface area contributed by atoms with Crippen LogP contribution in [0.2, 0.25) is 0 Å². The summed E-state index contributed by atoms with van der Waals surface area (Å²) in [5, 5.41) is 13.0. The van der Waals surface area contributed by atoms with E-state index < -0.39 is 0 Å². The summed E-state index contributed by atoms with van der Waals surface area (Å²) in [6, 6.07) is 11.2. The second kappa shape index (κ2) is 6.08. The number of nitrogens with one attached hydrogen (secondary N) is 1. The summed E-state index contributed by atoms with van der Waals surface area (Å²) >= 11 is 10.4. The van der Waals surface area contributed by atoms with Crippen molar-refractivity contribution in [2.24, 2.45) is 0 Å². The molecule has 0 fully saturated rings. The molecule has 0 radical (unpaired) electrons. The molecule has 0 heterocycles. The predicted molar refractivity (Wildman–Crippen MR) is 85.0 cm³/mol. The van der Waals surface area contributed by atoms with Crippen LogP contribution in [0.15, 0.2) is 49.8 Å². The largest absolute Gasteiger partial charge is 0.508 e. The fourth-order valence-corrected chi connectivity index (χ4v) is 4.09. The number of benzene rings is 2. The summed E-state index contributed by atoms with van der Waals surface area (Å²) in [7, 11) is 0. The molecule has 0 aliphatic rings. The number of hydrogen-bond acceptors (Lipinski definition) is 2. The van der Waals surface area contributed by atoms with E-state index in [0.29, 0.717) is 12.3 Å². The van der Waals surface area contributed by atoms with Gasteiger partial charge in [0.25, 0.3) is 0 Å². The van der Waals surface area contributed by atoms with Gasteiger partial charge in [-0.15, -0.1) is 0 Å². The van der Waals surface area contributed by atoms with Crippen LogP contribution in [0.5, 0.6) is 5.75 Å². The number of phenols is 1. The summed E-state index contributed by atoms with van der Waals surface area (Å²) in [6.45, 7) is 0.561. The zero-order valence-electron chi connectivity index (χ0n) is 9.25. The van der Waals surface area contributed by atoms with Crippen molar-refractivity contribution >= 4 is 53.5 Å². The first-order chi connectivity index (χ1) is 8.58. The van der Waals surface area contributed by atoms with Crippen LogP contribution in [0.3, 0.4) is 0 Å². The Morgan fingerprint density at radius 3 is 2.22 bits per heavy atom. The van der Waals surface area contributed by atoms with E-state index in [2.05, 4.69) is 53.1 Å². The van der Waals surface area contributed by atoms with Crippen LogP contribution in [0.4, 0.5) is 5.69 Å². The summed E-state index contributed by atoms with van der Waals surface area (Å²) in [4.78, 5) is 0. The van der Waals surface area contributed by atoms with Crippen molar-refractivity contribution in [3.8, 4) is 5.75 Å². The van der Waals surface area contributed by atoms with E-state index in [9.17, 15) is 5.11 Å². The lowest BCUT2D eigenvalue weighted by Crippen LogP contribution is -2.01. The Bertz CT molecular complexity index is 549. The van der Waals surface area contributed by atoms with Crippen molar-refractivity contribution < 1.29 is 5.11 Å². The smallest absolute Gasteiger partial charge is 0.120 e. The molecule has 5 heteroatoms. The normalized spacial score (nSPS) is 10.4. The van der Waals surface area contributed by atoms with E-state index in [-0.39, 0.29) is 0 Å². The maximum Gasteiger partial charge on any atom is 0.120 e. The molecule has 0 aliphatic carbocycles. The number of halogens is 3. The molecule has 0 atom stereocenters. The number of hydrogen-bond donors (Lipinski definition) is 2. The van der Waals surface area contributed by atoms with Gasteiger partial charge in [-0.3, -0.25) is 0 Å². The Hall–Kier alpha value is -0.520. The fraction of sp³-hybridized carbons (Fsp3) is 0.0769. The first kappa shape index (κ1) is 13.9. The molecular weight excluding hydrogens is 426 g/mol. The SMILES string of the molecule is Oc1ccccc1CNc1c(Br)cc(Br)cc1Br. The van der Waals surface area contributed by atoms with E-state index in [0.717, 1.165) is 24.7 Å². The van der Waals surface area contributed by atoms with Gasteiger partial charge >= 0.3 is 0 Å². The fourth-order valence-electron chi connectivity index (χ4n) is 1.56. The predicted octanol–water partition coefficient (Wildman–Crippen LogP) is 5.29. The van der Waals surface area contributed by atoms with Gasteiger partial charge < -0.3 is 10.4 Å². The maximum atomic E-state index is 9.70. The van der Waals surface area contributed by atoms with Gasteiger partial charge in [-0.1, -0.05) is 34.1 Å². The lowest BCUT2D eigenvalue weighted by Gasteiger charge is -2.12. The highest BCUT2D eigenvalue weighted by molar-refractivity contribution is 9.11. The van der Waals surface area contributed by atoms with Gasteiger partial charge in [-0.2, -0.15) is 0 Å².